The van der Waals surface area contributed by atoms with Crippen LogP contribution in [0.1, 0.15) is 32.0 Å². The summed E-state index contributed by atoms with van der Waals surface area (Å²) in [6.45, 7) is 3.80. The van der Waals surface area contributed by atoms with E-state index in [1.165, 1.54) is 19.3 Å². The first-order valence-electron chi connectivity index (χ1n) is 4.58. The molecule has 0 saturated carbocycles. The number of nitrogens with two attached hydrogens (primary N) is 1. The van der Waals surface area contributed by atoms with E-state index in [1.807, 2.05) is 12.4 Å². The van der Waals surface area contributed by atoms with Crippen molar-refractivity contribution in [3.8, 4) is 0 Å². The number of nitrogens with zero attached hydrogens (tertiary/aromatic N) is 2. The van der Waals surface area contributed by atoms with Gasteiger partial charge in [0.2, 0.25) is 0 Å². The van der Waals surface area contributed by atoms with Crippen LogP contribution in [0.2, 0.25) is 0 Å². The van der Waals surface area contributed by atoms with Crippen LogP contribution in [0.15, 0.2) is 12.4 Å². The van der Waals surface area contributed by atoms with Crippen LogP contribution in [0.4, 0.5) is 0 Å². The lowest BCUT2D eigenvalue weighted by Crippen LogP contribution is -2.07. The van der Waals surface area contributed by atoms with Gasteiger partial charge in [0.1, 0.15) is 5.82 Å². The van der Waals surface area contributed by atoms with Gasteiger partial charge >= 0.3 is 0 Å². The van der Waals surface area contributed by atoms with Gasteiger partial charge in [-0.25, -0.2) is 4.98 Å². The zero-order valence-corrected chi connectivity index (χ0v) is 7.66. The van der Waals surface area contributed by atoms with Gasteiger partial charge in [0.25, 0.3) is 0 Å². The lowest BCUT2D eigenvalue weighted by Gasteiger charge is -2.04. The van der Waals surface area contributed by atoms with Gasteiger partial charge in [-0.3, -0.25) is 0 Å². The quantitative estimate of drug-likeness (QED) is 0.676. The fraction of sp³-hybridized carbons (Fsp3) is 0.667. The molecule has 12 heavy (non-hydrogen) atoms. The van der Waals surface area contributed by atoms with E-state index in [4.69, 9.17) is 5.73 Å². The maximum Gasteiger partial charge on any atom is 0.122 e. The summed E-state index contributed by atoms with van der Waals surface area (Å²) in [5.41, 5.74) is 5.52. The third-order valence-electron chi connectivity index (χ3n) is 1.99. The van der Waals surface area contributed by atoms with Gasteiger partial charge in [-0.2, -0.15) is 0 Å². The van der Waals surface area contributed by atoms with Gasteiger partial charge in [0.15, 0.2) is 0 Å². The lowest BCUT2D eigenvalue weighted by atomic mass is 10.2. The number of unbranched alkanes of at least 4 members (excludes halogenated alkanes) is 2. The molecule has 3 nitrogen and oxygen atoms in total. The van der Waals surface area contributed by atoms with Crippen LogP contribution in [0.3, 0.4) is 0 Å². The van der Waals surface area contributed by atoms with Crippen molar-refractivity contribution in [1.82, 2.24) is 9.55 Å². The third kappa shape index (κ3) is 2.34. The van der Waals surface area contributed by atoms with E-state index in [-0.39, 0.29) is 0 Å². The molecule has 2 N–H and O–H groups in total. The van der Waals surface area contributed by atoms with Crippen LogP contribution in [0.25, 0.3) is 0 Å². The first-order chi connectivity index (χ1) is 5.88. The minimum Gasteiger partial charge on any atom is -0.334 e. The molecule has 0 spiro atoms. The number of hydrogen-bond acceptors (Lipinski definition) is 2. The zero-order valence-electron chi connectivity index (χ0n) is 7.66. The highest BCUT2D eigenvalue weighted by atomic mass is 15.1. The molecule has 0 aromatic carbocycles. The summed E-state index contributed by atoms with van der Waals surface area (Å²) in [5, 5.41) is 0. The zero-order chi connectivity index (χ0) is 8.81. The highest BCUT2D eigenvalue weighted by Gasteiger charge is 1.98. The highest BCUT2D eigenvalue weighted by Crippen LogP contribution is 2.01. The Bertz CT molecular complexity index is 217. The van der Waals surface area contributed by atoms with Crippen molar-refractivity contribution >= 4 is 0 Å². The number of imidazole rings is 1. The molecule has 1 rings (SSSR count). The first kappa shape index (κ1) is 9.26. The summed E-state index contributed by atoms with van der Waals surface area (Å²) in [7, 11) is 0. The highest BCUT2D eigenvalue weighted by molar-refractivity contribution is 4.90. The Balaban J connectivity index is 2.39. The molecule has 0 aliphatic heterocycles. The van der Waals surface area contributed by atoms with Gasteiger partial charge in [0, 0.05) is 18.9 Å². The normalized spacial score (nSPS) is 10.5. The minimum atomic E-state index is 0.541. The van der Waals surface area contributed by atoms with E-state index in [0.29, 0.717) is 6.54 Å². The van der Waals surface area contributed by atoms with Crippen LogP contribution in [-0.2, 0) is 13.1 Å². The molecule has 0 unspecified atom stereocenters. The van der Waals surface area contributed by atoms with Gasteiger partial charge in [-0.05, 0) is 6.42 Å². The van der Waals surface area contributed by atoms with Crippen LogP contribution in [0, 0.1) is 0 Å². The molecule has 0 fully saturated rings. The van der Waals surface area contributed by atoms with Crippen molar-refractivity contribution in [1.29, 1.82) is 0 Å². The fourth-order valence-corrected chi connectivity index (χ4v) is 1.27. The smallest absolute Gasteiger partial charge is 0.122 e. The SMILES string of the molecule is CCCCCn1ccnc1CN. The average Bonchev–Trinajstić information content (AvgIpc) is 2.52. The third-order valence-corrected chi connectivity index (χ3v) is 1.99. The molecule has 0 aliphatic carbocycles. The average molecular weight is 167 g/mol. The molecule has 0 aliphatic rings. The molecule has 0 radical (unpaired) electrons. The van der Waals surface area contributed by atoms with Crippen LogP contribution in [0.5, 0.6) is 0 Å². The maximum atomic E-state index is 5.52. The van der Waals surface area contributed by atoms with E-state index < -0.39 is 0 Å². The summed E-state index contributed by atoms with van der Waals surface area (Å²) in [6.07, 6.45) is 7.57. The Labute approximate surface area is 73.6 Å². The van der Waals surface area contributed by atoms with Crippen molar-refractivity contribution in [2.75, 3.05) is 0 Å². The topological polar surface area (TPSA) is 43.8 Å². The lowest BCUT2D eigenvalue weighted by molar-refractivity contribution is 0.580. The van der Waals surface area contributed by atoms with Crippen molar-refractivity contribution in [2.24, 2.45) is 5.73 Å². The molecule has 68 valence electrons. The van der Waals surface area contributed by atoms with E-state index in [9.17, 15) is 0 Å². The van der Waals surface area contributed by atoms with Gasteiger partial charge in [0.05, 0.1) is 6.54 Å². The predicted molar refractivity (Wildman–Crippen MR) is 49.6 cm³/mol. The standard InChI is InChI=1S/C9H17N3/c1-2-3-4-6-12-7-5-11-9(12)8-10/h5,7H,2-4,6,8,10H2,1H3. The first-order valence-corrected chi connectivity index (χ1v) is 4.58. The Morgan fingerprint density at radius 3 is 3.00 bits per heavy atom. The molecule has 1 aromatic heterocycles. The number of aromatic nitrogens is 2. The summed E-state index contributed by atoms with van der Waals surface area (Å²) >= 11 is 0. The Hall–Kier alpha value is -0.830. The van der Waals surface area contributed by atoms with Gasteiger partial charge in [-0.15, -0.1) is 0 Å². The van der Waals surface area contributed by atoms with Crippen LogP contribution < -0.4 is 5.73 Å². The van der Waals surface area contributed by atoms with Crippen molar-refractivity contribution in [3.63, 3.8) is 0 Å². The molecular weight excluding hydrogens is 150 g/mol. The second-order valence-corrected chi connectivity index (χ2v) is 2.95. The van der Waals surface area contributed by atoms with E-state index in [2.05, 4.69) is 16.5 Å². The predicted octanol–water partition coefficient (Wildman–Crippen LogP) is 1.53. The minimum absolute atomic E-state index is 0.541. The van der Waals surface area contributed by atoms with E-state index >= 15 is 0 Å². The second-order valence-electron chi connectivity index (χ2n) is 2.95. The van der Waals surface area contributed by atoms with Gasteiger partial charge in [-0.1, -0.05) is 19.8 Å². The molecule has 0 bridgehead atoms. The molecular formula is C9H17N3. The number of hydrogen-bond donors (Lipinski definition) is 1. The molecule has 3 heteroatoms. The molecule has 0 atom stereocenters. The molecule has 0 saturated heterocycles. The number of aryl methyl sites for hydroxylation is 1. The van der Waals surface area contributed by atoms with Crippen LogP contribution >= 0.6 is 0 Å². The van der Waals surface area contributed by atoms with Crippen molar-refractivity contribution < 1.29 is 0 Å². The fourth-order valence-electron chi connectivity index (χ4n) is 1.27. The van der Waals surface area contributed by atoms with E-state index in [1.54, 1.807) is 0 Å². The summed E-state index contributed by atoms with van der Waals surface area (Å²) in [6, 6.07) is 0. The Kier molecular flexibility index (Phi) is 3.80. The van der Waals surface area contributed by atoms with E-state index in [0.717, 1.165) is 12.4 Å². The molecule has 0 amide bonds. The largest absolute Gasteiger partial charge is 0.334 e. The Morgan fingerprint density at radius 2 is 2.33 bits per heavy atom. The Morgan fingerprint density at radius 1 is 1.50 bits per heavy atom. The molecule has 1 heterocycles. The monoisotopic (exact) mass is 167 g/mol. The van der Waals surface area contributed by atoms with Crippen LogP contribution in [-0.4, -0.2) is 9.55 Å². The maximum absolute atomic E-state index is 5.52. The number of rotatable bonds is 5. The summed E-state index contributed by atoms with van der Waals surface area (Å²) < 4.78 is 2.13. The summed E-state index contributed by atoms with van der Waals surface area (Å²) in [4.78, 5) is 4.15. The second kappa shape index (κ2) is 4.93. The van der Waals surface area contributed by atoms with Gasteiger partial charge < -0.3 is 10.3 Å². The van der Waals surface area contributed by atoms with Crippen molar-refractivity contribution in [3.05, 3.63) is 18.2 Å². The van der Waals surface area contributed by atoms with Crippen molar-refractivity contribution in [2.45, 2.75) is 39.3 Å². The summed E-state index contributed by atoms with van der Waals surface area (Å²) in [5.74, 6) is 0.992. The molecule has 1 aromatic rings.